The number of hydrogen-bond acceptors (Lipinski definition) is 5. The number of halogens is 2. The Bertz CT molecular complexity index is 830. The van der Waals surface area contributed by atoms with Gasteiger partial charge >= 0.3 is 0 Å². The molecule has 0 saturated carbocycles. The Morgan fingerprint density at radius 1 is 1.33 bits per heavy atom. The summed E-state index contributed by atoms with van der Waals surface area (Å²) in [6.07, 6.45) is 7.67. The van der Waals surface area contributed by atoms with Gasteiger partial charge in [0.2, 0.25) is 0 Å². The zero-order valence-corrected chi connectivity index (χ0v) is 20.1. The first kappa shape index (κ1) is 23.3. The van der Waals surface area contributed by atoms with Gasteiger partial charge in [0.15, 0.2) is 0 Å². The second-order valence-corrected chi connectivity index (χ2v) is 11.0. The molecule has 0 aliphatic carbocycles. The number of rotatable bonds is 8. The van der Waals surface area contributed by atoms with E-state index in [4.69, 9.17) is 27.9 Å². The summed E-state index contributed by atoms with van der Waals surface area (Å²) in [4.78, 5) is 2.37. The highest BCUT2D eigenvalue weighted by Crippen LogP contribution is 2.42. The number of nitrogens with zero attached hydrogens (tertiary/aromatic N) is 2. The number of benzene rings is 1. The molecule has 3 rings (SSSR count). The molecule has 1 atom stereocenters. The lowest BCUT2D eigenvalue weighted by Gasteiger charge is -2.38. The molecule has 1 fully saturated rings. The van der Waals surface area contributed by atoms with Crippen molar-refractivity contribution in [3.8, 4) is 5.75 Å². The summed E-state index contributed by atoms with van der Waals surface area (Å²) >= 11 is 14.5. The fourth-order valence-electron chi connectivity index (χ4n) is 3.62. The molecule has 1 aliphatic heterocycles. The van der Waals surface area contributed by atoms with Gasteiger partial charge in [0.05, 0.1) is 21.9 Å². The molecule has 1 unspecified atom stereocenters. The van der Waals surface area contributed by atoms with Crippen LogP contribution in [0.2, 0.25) is 10.0 Å². The van der Waals surface area contributed by atoms with Crippen molar-refractivity contribution >= 4 is 40.8 Å². The van der Waals surface area contributed by atoms with E-state index in [1.807, 2.05) is 24.5 Å². The van der Waals surface area contributed by atoms with Crippen molar-refractivity contribution in [1.29, 1.82) is 0 Å². The molecule has 2 heterocycles. The van der Waals surface area contributed by atoms with Crippen LogP contribution in [0.5, 0.6) is 5.75 Å². The fourth-order valence-corrected chi connectivity index (χ4v) is 4.75. The molecule has 2 N–H and O–H groups in total. The SMILES string of the molecule is C=CCOc1cc(Cl)c(Cl)cc1C(NSC(C)(C)C)C1CCN(c2cn[nH]c2)CC1. The van der Waals surface area contributed by atoms with E-state index in [1.165, 1.54) is 0 Å². The molecular formula is C22H30Cl2N4OS. The standard InChI is InChI=1S/C22H30Cl2N4OS/c1-5-10-29-20-12-19(24)18(23)11-17(20)21(27-30-22(2,3)4)15-6-8-28(9-7-15)16-13-25-26-14-16/h5,11-15,21,27H,1,6-10H2,2-4H3,(H,25,26). The smallest absolute Gasteiger partial charge is 0.126 e. The molecule has 30 heavy (non-hydrogen) atoms. The monoisotopic (exact) mass is 468 g/mol. The molecule has 1 aromatic carbocycles. The summed E-state index contributed by atoms with van der Waals surface area (Å²) < 4.78 is 9.78. The summed E-state index contributed by atoms with van der Waals surface area (Å²) in [5.41, 5.74) is 2.19. The Morgan fingerprint density at radius 2 is 2.03 bits per heavy atom. The Hall–Kier alpha value is -1.34. The van der Waals surface area contributed by atoms with Crippen molar-refractivity contribution in [3.05, 3.63) is 52.8 Å². The van der Waals surface area contributed by atoms with Gasteiger partial charge in [0.1, 0.15) is 12.4 Å². The molecule has 0 radical (unpaired) electrons. The maximum Gasteiger partial charge on any atom is 0.126 e. The van der Waals surface area contributed by atoms with Crippen molar-refractivity contribution in [2.75, 3.05) is 24.6 Å². The first-order chi connectivity index (χ1) is 14.3. The highest BCUT2D eigenvalue weighted by atomic mass is 35.5. The third kappa shape index (κ3) is 6.10. The molecule has 2 aromatic rings. The zero-order valence-electron chi connectivity index (χ0n) is 17.8. The first-order valence-corrected chi connectivity index (χ1v) is 11.8. The van der Waals surface area contributed by atoms with E-state index >= 15 is 0 Å². The Morgan fingerprint density at radius 3 is 2.63 bits per heavy atom. The van der Waals surface area contributed by atoms with Gasteiger partial charge in [0.25, 0.3) is 0 Å². The van der Waals surface area contributed by atoms with E-state index < -0.39 is 0 Å². The van der Waals surface area contributed by atoms with Crippen LogP contribution in [-0.2, 0) is 0 Å². The van der Waals surface area contributed by atoms with Crippen molar-refractivity contribution < 1.29 is 4.74 Å². The lowest BCUT2D eigenvalue weighted by Crippen LogP contribution is -2.38. The molecule has 8 heteroatoms. The molecule has 1 aromatic heterocycles. The lowest BCUT2D eigenvalue weighted by atomic mass is 9.85. The summed E-state index contributed by atoms with van der Waals surface area (Å²) in [7, 11) is 0. The molecule has 1 aliphatic rings. The Balaban J connectivity index is 1.86. The summed E-state index contributed by atoms with van der Waals surface area (Å²) in [6, 6.07) is 3.86. The summed E-state index contributed by atoms with van der Waals surface area (Å²) in [5, 5.41) is 8.02. The minimum absolute atomic E-state index is 0.0775. The van der Waals surface area contributed by atoms with Gasteiger partial charge in [-0.25, -0.2) is 0 Å². The minimum Gasteiger partial charge on any atom is -0.489 e. The van der Waals surface area contributed by atoms with Gasteiger partial charge in [-0.05, 0) is 45.6 Å². The maximum atomic E-state index is 6.42. The van der Waals surface area contributed by atoms with Crippen molar-refractivity contribution in [2.45, 2.75) is 44.4 Å². The number of H-pyrrole nitrogens is 1. The van der Waals surface area contributed by atoms with Crippen LogP contribution in [0.15, 0.2) is 37.2 Å². The third-order valence-corrected chi connectivity index (χ3v) is 6.80. The number of piperidine rings is 1. The van der Waals surface area contributed by atoms with Gasteiger partial charge in [0, 0.05) is 41.7 Å². The van der Waals surface area contributed by atoms with Crippen LogP contribution in [0.25, 0.3) is 0 Å². The van der Waals surface area contributed by atoms with Crippen molar-refractivity contribution in [2.24, 2.45) is 5.92 Å². The average molecular weight is 469 g/mol. The molecule has 1 saturated heterocycles. The maximum absolute atomic E-state index is 6.42. The topological polar surface area (TPSA) is 53.2 Å². The van der Waals surface area contributed by atoms with E-state index in [-0.39, 0.29) is 10.8 Å². The number of anilines is 1. The third-order valence-electron chi connectivity index (χ3n) is 5.10. The summed E-state index contributed by atoms with van der Waals surface area (Å²) in [6.45, 7) is 12.7. The number of ether oxygens (including phenoxy) is 1. The van der Waals surface area contributed by atoms with Crippen LogP contribution in [0.4, 0.5) is 5.69 Å². The van der Waals surface area contributed by atoms with E-state index in [0.29, 0.717) is 22.6 Å². The van der Waals surface area contributed by atoms with Crippen LogP contribution >= 0.6 is 35.1 Å². The Kier molecular flexibility index (Phi) is 8.02. The first-order valence-electron chi connectivity index (χ1n) is 10.2. The summed E-state index contributed by atoms with van der Waals surface area (Å²) in [5.74, 6) is 1.19. The van der Waals surface area contributed by atoms with Crippen LogP contribution in [0, 0.1) is 5.92 Å². The molecule has 164 valence electrons. The second kappa shape index (κ2) is 10.3. The quantitative estimate of drug-likeness (QED) is 0.352. The lowest BCUT2D eigenvalue weighted by molar-refractivity contribution is 0.311. The van der Waals surface area contributed by atoms with Crippen molar-refractivity contribution in [1.82, 2.24) is 14.9 Å². The van der Waals surface area contributed by atoms with E-state index in [2.05, 4.69) is 47.2 Å². The average Bonchev–Trinajstić information content (AvgIpc) is 3.24. The number of hydrogen-bond donors (Lipinski definition) is 2. The Labute approximate surface area is 193 Å². The molecule has 5 nitrogen and oxygen atoms in total. The van der Waals surface area contributed by atoms with Gasteiger partial charge in [-0.3, -0.25) is 9.82 Å². The molecule has 0 bridgehead atoms. The predicted octanol–water partition coefficient (Wildman–Crippen LogP) is 6.28. The highest BCUT2D eigenvalue weighted by Gasteiger charge is 2.31. The van der Waals surface area contributed by atoms with E-state index in [9.17, 15) is 0 Å². The molecule has 0 amide bonds. The highest BCUT2D eigenvalue weighted by molar-refractivity contribution is 7.98. The second-order valence-electron chi connectivity index (χ2n) is 8.49. The zero-order chi connectivity index (χ0) is 21.7. The predicted molar refractivity (Wildman–Crippen MR) is 129 cm³/mol. The number of aromatic amines is 1. The van der Waals surface area contributed by atoms with E-state index in [1.54, 1.807) is 18.0 Å². The van der Waals surface area contributed by atoms with Gasteiger partial charge in [-0.1, -0.05) is 47.8 Å². The number of nitrogens with one attached hydrogen (secondary N) is 2. The van der Waals surface area contributed by atoms with Crippen LogP contribution in [0.3, 0.4) is 0 Å². The molecule has 0 spiro atoms. The minimum atomic E-state index is 0.0775. The van der Waals surface area contributed by atoms with Gasteiger partial charge in [-0.2, -0.15) is 5.10 Å². The van der Waals surface area contributed by atoms with Crippen LogP contribution in [-0.4, -0.2) is 34.6 Å². The van der Waals surface area contributed by atoms with Crippen LogP contribution < -0.4 is 14.4 Å². The van der Waals surface area contributed by atoms with Crippen molar-refractivity contribution in [3.63, 3.8) is 0 Å². The largest absolute Gasteiger partial charge is 0.489 e. The normalized spacial score (nSPS) is 16.5. The van der Waals surface area contributed by atoms with Crippen LogP contribution in [0.1, 0.15) is 45.2 Å². The van der Waals surface area contributed by atoms with E-state index in [0.717, 1.165) is 42.9 Å². The van der Waals surface area contributed by atoms with Gasteiger partial charge < -0.3 is 9.64 Å². The van der Waals surface area contributed by atoms with Gasteiger partial charge in [-0.15, -0.1) is 0 Å². The number of aromatic nitrogens is 2. The molecular weight excluding hydrogens is 439 g/mol. The fraction of sp³-hybridized carbons (Fsp3) is 0.500.